The van der Waals surface area contributed by atoms with Crippen LogP contribution in [0.3, 0.4) is 0 Å². The zero-order valence-corrected chi connectivity index (χ0v) is 63.7. The molecule has 0 unspecified atom stereocenters. The fraction of sp³-hybridized carbons (Fsp3) is 0.235. The van der Waals surface area contributed by atoms with Gasteiger partial charge in [0.2, 0.25) is 0 Å². The second-order valence-corrected chi connectivity index (χ2v) is 30.6. The van der Waals surface area contributed by atoms with Gasteiger partial charge in [-0.05, 0) is 291 Å². The molecule has 10 aromatic carbocycles. The van der Waals surface area contributed by atoms with Gasteiger partial charge in [0.25, 0.3) is 0 Å². The zero-order chi connectivity index (χ0) is 68.2. The van der Waals surface area contributed by atoms with E-state index in [0.29, 0.717) is 0 Å². The third-order valence-electron chi connectivity index (χ3n) is 18.1. The molecule has 0 spiro atoms. The van der Waals surface area contributed by atoms with Crippen LogP contribution in [-0.2, 0) is 25.0 Å². The highest BCUT2D eigenvalue weighted by molar-refractivity contribution is 9.11. The van der Waals surface area contributed by atoms with Gasteiger partial charge in [0.05, 0.1) is 22.4 Å². The molecule has 0 aromatic heterocycles. The number of allylic oxidation sites excluding steroid dienone is 1. The summed E-state index contributed by atoms with van der Waals surface area (Å²) in [5.41, 5.74) is 13.3. The minimum absolute atomic E-state index is 0.277. The summed E-state index contributed by atoms with van der Waals surface area (Å²) < 4.78 is 44.1. The molecule has 2 aliphatic heterocycles. The topological polar surface area (TPSA) is 46.6 Å². The van der Waals surface area contributed by atoms with Gasteiger partial charge in [-0.25, -0.2) is 4.39 Å². The van der Waals surface area contributed by atoms with E-state index >= 15 is 0 Å². The van der Waals surface area contributed by atoms with Crippen LogP contribution in [-0.4, -0.2) is 36.6 Å². The van der Waals surface area contributed by atoms with Crippen molar-refractivity contribution in [1.29, 1.82) is 0 Å². The van der Waals surface area contributed by atoms with Crippen molar-refractivity contribution in [2.24, 2.45) is 0 Å². The Morgan fingerprint density at radius 3 is 0.833 bits per heavy atom. The standard InChI is InChI=1S/C36H24Br4N2.C30H36B2FNO4.C15H21Br/c37-27-5-17-33(18-6-27)41(34-19-7-28(38)8-20-34)31-13-1-25(2-14-31)26-3-15-32(16-4-26)42(35-21-9-29(39)10-22-35)36-23-11-30(40)12-24-36;1-27(2)28(3,4)36-31(35-27)21-9-15-24(16-10-21)34(26-19-13-23(33)14-20-26)25-17-11-22(12-18-25)32-37-29(5,6)30(7,8)38-32;1-2-3-4-5-6-7-8-9-14-10-12-15(16)13-11-14/h1-24H;9-20H,1-8H3;2,10-13H,1,3-9H2. The Balaban J connectivity index is 0.000000171. The normalized spacial score (nSPS) is 14.8. The summed E-state index contributed by atoms with van der Waals surface area (Å²) in [7, 11) is -0.875. The molecule has 12 rings (SSSR count). The second-order valence-electron chi connectivity index (χ2n) is 26.1. The number of hydrogen-bond acceptors (Lipinski definition) is 7. The third kappa shape index (κ3) is 18.5. The van der Waals surface area contributed by atoms with E-state index in [2.05, 4.69) is 271 Å². The highest BCUT2D eigenvalue weighted by Gasteiger charge is 2.53. The number of nitrogens with zero attached hydrogens (tertiary/aromatic N) is 3. The Labute approximate surface area is 611 Å². The fourth-order valence-electron chi connectivity index (χ4n) is 11.2. The lowest BCUT2D eigenvalue weighted by Crippen LogP contribution is -2.41. The Hall–Kier alpha value is -6.36. The van der Waals surface area contributed by atoms with Crippen molar-refractivity contribution < 1.29 is 23.0 Å². The molecule has 10 aromatic rings. The summed E-state index contributed by atoms with van der Waals surface area (Å²) in [6.45, 7) is 20.1. The summed E-state index contributed by atoms with van der Waals surface area (Å²) in [6, 6.07) is 82.5. The van der Waals surface area contributed by atoms with E-state index in [1.807, 2.05) is 110 Å². The summed E-state index contributed by atoms with van der Waals surface area (Å²) in [5, 5.41) is 0. The number of unbranched alkanes of at least 4 members (excludes halogenated alkanes) is 5. The quantitative estimate of drug-likeness (QED) is 0.0428. The number of anilines is 9. The van der Waals surface area contributed by atoms with Crippen LogP contribution in [0.4, 0.5) is 55.6 Å². The third-order valence-corrected chi connectivity index (χ3v) is 20.8. The van der Waals surface area contributed by atoms with Crippen molar-refractivity contribution in [1.82, 2.24) is 0 Å². The predicted octanol–water partition coefficient (Wildman–Crippen LogP) is 24.8. The summed E-state index contributed by atoms with van der Waals surface area (Å²) in [4.78, 5) is 6.61. The van der Waals surface area contributed by atoms with Crippen LogP contribution in [0.1, 0.15) is 99.5 Å². The number of rotatable bonds is 20. The highest BCUT2D eigenvalue weighted by Crippen LogP contribution is 2.42. The molecule has 0 radical (unpaired) electrons. The molecule has 15 heteroatoms. The van der Waals surface area contributed by atoms with E-state index in [1.165, 1.54) is 67.1 Å². The van der Waals surface area contributed by atoms with Gasteiger partial charge in [0.1, 0.15) is 5.82 Å². The molecular weight excluding hydrogens is 1520 g/mol. The summed E-state index contributed by atoms with van der Waals surface area (Å²) >= 11 is 17.7. The van der Waals surface area contributed by atoms with Crippen molar-refractivity contribution in [2.45, 2.75) is 123 Å². The van der Waals surface area contributed by atoms with Gasteiger partial charge in [0.15, 0.2) is 0 Å². The molecule has 0 atom stereocenters. The molecular formula is C81H81B2Br5FN3O4. The molecule has 492 valence electrons. The largest absolute Gasteiger partial charge is 0.494 e. The molecule has 0 aliphatic carbocycles. The molecule has 2 fully saturated rings. The van der Waals surface area contributed by atoms with Crippen molar-refractivity contribution in [3.63, 3.8) is 0 Å². The number of halogens is 6. The number of aryl methyl sites for hydroxylation is 1. The van der Waals surface area contributed by atoms with Gasteiger partial charge in [-0.2, -0.15) is 0 Å². The first-order chi connectivity index (χ1) is 46.0. The van der Waals surface area contributed by atoms with Gasteiger partial charge >= 0.3 is 14.2 Å². The monoisotopic (exact) mass is 1600 g/mol. The van der Waals surface area contributed by atoms with Crippen LogP contribution in [0.5, 0.6) is 0 Å². The maximum absolute atomic E-state index is 13.8. The average molecular weight is 1600 g/mol. The van der Waals surface area contributed by atoms with E-state index in [4.69, 9.17) is 18.6 Å². The molecule has 0 amide bonds. The first-order valence-corrected chi connectivity index (χ1v) is 36.6. The molecule has 0 bridgehead atoms. The van der Waals surface area contributed by atoms with E-state index in [0.717, 1.165) is 91.1 Å². The van der Waals surface area contributed by atoms with Crippen LogP contribution in [0.2, 0.25) is 0 Å². The van der Waals surface area contributed by atoms with E-state index in [-0.39, 0.29) is 5.82 Å². The lowest BCUT2D eigenvalue weighted by molar-refractivity contribution is 0.00578. The zero-order valence-electron chi connectivity index (χ0n) is 55.7. The molecule has 7 nitrogen and oxygen atoms in total. The van der Waals surface area contributed by atoms with Crippen molar-refractivity contribution in [2.75, 3.05) is 14.7 Å². The molecule has 0 N–H and O–H groups in total. The maximum atomic E-state index is 13.8. The van der Waals surface area contributed by atoms with Crippen molar-refractivity contribution in [3.05, 3.63) is 289 Å². The van der Waals surface area contributed by atoms with Gasteiger partial charge in [-0.3, -0.25) is 0 Å². The van der Waals surface area contributed by atoms with Crippen LogP contribution in [0.15, 0.2) is 278 Å². The number of benzene rings is 10. The first-order valence-electron chi connectivity index (χ1n) is 32.6. The Kier molecular flexibility index (Phi) is 24.5. The van der Waals surface area contributed by atoms with Crippen LogP contribution >= 0.6 is 79.6 Å². The van der Waals surface area contributed by atoms with Crippen LogP contribution in [0, 0.1) is 5.82 Å². The summed E-state index contributed by atoms with van der Waals surface area (Å²) in [6.07, 6.45) is 11.1. The van der Waals surface area contributed by atoms with E-state index < -0.39 is 36.6 Å². The maximum Gasteiger partial charge on any atom is 0.494 e. The Morgan fingerprint density at radius 1 is 0.323 bits per heavy atom. The minimum Gasteiger partial charge on any atom is -0.399 e. The van der Waals surface area contributed by atoms with Gasteiger partial charge in [-0.15, -0.1) is 6.58 Å². The predicted molar refractivity (Wildman–Crippen MR) is 420 cm³/mol. The molecule has 2 heterocycles. The van der Waals surface area contributed by atoms with Gasteiger partial charge < -0.3 is 33.3 Å². The second kappa shape index (κ2) is 32.5. The van der Waals surface area contributed by atoms with Gasteiger partial charge in [-0.1, -0.05) is 166 Å². The van der Waals surface area contributed by atoms with Crippen molar-refractivity contribution >= 4 is 156 Å². The molecule has 96 heavy (non-hydrogen) atoms. The SMILES string of the molecule is Brc1ccc(N(c2ccc(Br)cc2)c2ccc(-c3ccc(N(c4ccc(Br)cc4)c4ccc(Br)cc4)cc3)cc2)cc1.C=CCCCCCCCc1ccc(Br)cc1.CC1(C)OB(c2ccc(N(c3ccc(F)cc3)c3ccc(B4OC(C)(C)C(C)(C)O4)cc3)cc2)OC1(C)C. The lowest BCUT2D eigenvalue weighted by Gasteiger charge is -2.32. The molecule has 2 aliphatic rings. The summed E-state index contributed by atoms with van der Waals surface area (Å²) in [5.74, 6) is -0.277. The van der Waals surface area contributed by atoms with Crippen molar-refractivity contribution in [3.8, 4) is 11.1 Å². The van der Waals surface area contributed by atoms with Crippen LogP contribution in [0.25, 0.3) is 11.1 Å². The highest BCUT2D eigenvalue weighted by atomic mass is 79.9. The minimum atomic E-state index is -0.437. The van der Waals surface area contributed by atoms with Crippen LogP contribution < -0.4 is 25.6 Å². The lowest BCUT2D eigenvalue weighted by atomic mass is 9.79. The van der Waals surface area contributed by atoms with Gasteiger partial charge in [0, 0.05) is 73.6 Å². The Morgan fingerprint density at radius 2 is 0.552 bits per heavy atom. The first kappa shape index (κ1) is 72.4. The van der Waals surface area contributed by atoms with E-state index in [1.54, 1.807) is 12.1 Å². The average Bonchev–Trinajstić information content (AvgIpc) is 1.67. The van der Waals surface area contributed by atoms with E-state index in [9.17, 15) is 4.39 Å². The fourth-order valence-corrected chi connectivity index (χ4v) is 12.5. The Bertz CT molecular complexity index is 3770. The molecule has 2 saturated heterocycles. The smallest absolute Gasteiger partial charge is 0.399 e. The number of hydrogen-bond donors (Lipinski definition) is 0. The molecule has 0 saturated carbocycles.